The molecular weight excluding hydrogens is 387 g/mol. The van der Waals surface area contributed by atoms with Gasteiger partial charge in [-0.1, -0.05) is 42.0 Å². The quantitative estimate of drug-likeness (QED) is 0.710. The number of esters is 1. The summed E-state index contributed by atoms with van der Waals surface area (Å²) in [4.78, 5) is 38.7. The van der Waals surface area contributed by atoms with E-state index in [4.69, 9.17) is 4.74 Å². The third-order valence-corrected chi connectivity index (χ3v) is 5.27. The van der Waals surface area contributed by atoms with E-state index in [1.54, 1.807) is 4.90 Å². The van der Waals surface area contributed by atoms with Gasteiger partial charge in [0.1, 0.15) is 5.82 Å². The van der Waals surface area contributed by atoms with E-state index in [9.17, 15) is 18.8 Å². The third-order valence-electron chi connectivity index (χ3n) is 5.27. The second-order valence-electron chi connectivity index (χ2n) is 7.55. The van der Waals surface area contributed by atoms with Gasteiger partial charge in [0.25, 0.3) is 0 Å². The van der Waals surface area contributed by atoms with Gasteiger partial charge >= 0.3 is 5.97 Å². The van der Waals surface area contributed by atoms with Gasteiger partial charge in [0.05, 0.1) is 25.5 Å². The average Bonchev–Trinajstić information content (AvgIpc) is 3.10. The monoisotopic (exact) mass is 412 g/mol. The topological polar surface area (TPSA) is 75.7 Å². The lowest BCUT2D eigenvalue weighted by Gasteiger charge is -2.21. The number of likely N-dealkylation sites (tertiary alicyclic amines) is 1. The molecule has 1 N–H and O–H groups in total. The van der Waals surface area contributed by atoms with Gasteiger partial charge in [0.15, 0.2) is 0 Å². The second-order valence-corrected chi connectivity index (χ2v) is 7.55. The lowest BCUT2D eigenvalue weighted by atomic mass is 10.0. The molecule has 0 bridgehead atoms. The summed E-state index contributed by atoms with van der Waals surface area (Å²) in [6, 6.07) is 12.8. The number of rotatable bonds is 7. The summed E-state index contributed by atoms with van der Waals surface area (Å²) >= 11 is 0. The molecule has 2 aromatic rings. The Morgan fingerprint density at radius 2 is 1.83 bits per heavy atom. The molecule has 1 aliphatic heterocycles. The molecule has 2 unspecified atom stereocenters. The number of methoxy groups -OCH3 is 1. The Bertz CT molecular complexity index is 912. The first-order valence-electron chi connectivity index (χ1n) is 9.81. The Hall–Kier alpha value is -3.22. The van der Waals surface area contributed by atoms with Gasteiger partial charge in [-0.15, -0.1) is 0 Å². The molecule has 1 saturated heterocycles. The van der Waals surface area contributed by atoms with E-state index in [0.717, 1.165) is 11.1 Å². The molecule has 2 atom stereocenters. The number of ether oxygens (including phenoxy) is 1. The maximum Gasteiger partial charge on any atom is 0.307 e. The van der Waals surface area contributed by atoms with Crippen LogP contribution in [0.2, 0.25) is 0 Å². The number of nitrogens with one attached hydrogen (secondary N) is 1. The number of amides is 2. The number of hydrogen-bond acceptors (Lipinski definition) is 4. The molecule has 1 heterocycles. The van der Waals surface area contributed by atoms with Crippen molar-refractivity contribution in [1.82, 2.24) is 10.2 Å². The fourth-order valence-electron chi connectivity index (χ4n) is 3.50. The van der Waals surface area contributed by atoms with Gasteiger partial charge in [-0.05, 0) is 30.2 Å². The zero-order chi connectivity index (χ0) is 21.7. The highest BCUT2D eigenvalue weighted by Gasteiger charge is 2.35. The summed E-state index contributed by atoms with van der Waals surface area (Å²) in [5.41, 5.74) is 2.74. The Morgan fingerprint density at radius 3 is 2.47 bits per heavy atom. The molecule has 2 amide bonds. The molecule has 0 saturated carbocycles. The second kappa shape index (κ2) is 9.52. The fraction of sp³-hybridized carbons (Fsp3) is 0.348. The highest BCUT2D eigenvalue weighted by molar-refractivity contribution is 5.89. The molecule has 6 nitrogen and oxygen atoms in total. The summed E-state index contributed by atoms with van der Waals surface area (Å²) < 4.78 is 18.0. The Morgan fingerprint density at radius 1 is 1.17 bits per heavy atom. The maximum absolute atomic E-state index is 13.3. The molecule has 30 heavy (non-hydrogen) atoms. The molecule has 0 aliphatic carbocycles. The largest absolute Gasteiger partial charge is 0.469 e. The van der Waals surface area contributed by atoms with Crippen molar-refractivity contribution in [3.05, 3.63) is 71.0 Å². The van der Waals surface area contributed by atoms with Crippen LogP contribution in [0, 0.1) is 18.7 Å². The number of nitrogens with zero attached hydrogens (tertiary/aromatic N) is 1. The normalized spacial score (nSPS) is 17.0. The van der Waals surface area contributed by atoms with E-state index in [0.29, 0.717) is 18.7 Å². The van der Waals surface area contributed by atoms with Gasteiger partial charge < -0.3 is 15.0 Å². The number of carbonyl (C=O) groups is 3. The van der Waals surface area contributed by atoms with Gasteiger partial charge in [-0.2, -0.15) is 0 Å². The standard InChI is InChI=1S/C23H25FN2O4/c1-15-3-5-16(6-4-15)13-26-14-18(11-21(26)27)23(29)25-20(12-22(28)30-2)17-7-9-19(24)10-8-17/h3-10,18,20H,11-14H2,1-2H3,(H,25,29). The predicted molar refractivity (Wildman–Crippen MR) is 109 cm³/mol. The molecule has 0 radical (unpaired) electrons. The number of benzene rings is 2. The van der Waals surface area contributed by atoms with E-state index < -0.39 is 23.7 Å². The van der Waals surface area contributed by atoms with E-state index in [2.05, 4.69) is 5.32 Å². The maximum atomic E-state index is 13.3. The van der Waals surface area contributed by atoms with Crippen LogP contribution in [0.5, 0.6) is 0 Å². The van der Waals surface area contributed by atoms with Crippen LogP contribution in [0.4, 0.5) is 4.39 Å². The smallest absolute Gasteiger partial charge is 0.307 e. The molecule has 0 spiro atoms. The molecule has 7 heteroatoms. The SMILES string of the molecule is COC(=O)CC(NC(=O)C1CC(=O)N(Cc2ccc(C)cc2)C1)c1ccc(F)cc1. The summed E-state index contributed by atoms with van der Waals surface area (Å²) in [5, 5.41) is 2.83. The third kappa shape index (κ3) is 5.43. The van der Waals surface area contributed by atoms with Crippen LogP contribution in [0.15, 0.2) is 48.5 Å². The van der Waals surface area contributed by atoms with E-state index >= 15 is 0 Å². The first-order chi connectivity index (χ1) is 14.4. The summed E-state index contributed by atoms with van der Waals surface area (Å²) in [7, 11) is 1.27. The predicted octanol–water partition coefficient (Wildman–Crippen LogP) is 2.90. The van der Waals surface area contributed by atoms with Crippen molar-refractivity contribution in [3.8, 4) is 0 Å². The minimum atomic E-state index is -0.660. The lowest BCUT2D eigenvalue weighted by molar-refractivity contribution is -0.141. The van der Waals surface area contributed by atoms with Gasteiger partial charge in [-0.25, -0.2) is 4.39 Å². The first-order valence-corrected chi connectivity index (χ1v) is 9.81. The number of hydrogen-bond donors (Lipinski definition) is 1. The average molecular weight is 412 g/mol. The van der Waals surface area contributed by atoms with Crippen LogP contribution >= 0.6 is 0 Å². The summed E-state index contributed by atoms with van der Waals surface area (Å²) in [6.07, 6.45) is 0.0354. The molecule has 3 rings (SSSR count). The van der Waals surface area contributed by atoms with E-state index in [1.807, 2.05) is 31.2 Å². The minimum absolute atomic E-state index is 0.0815. The Balaban J connectivity index is 1.66. The fourth-order valence-corrected chi connectivity index (χ4v) is 3.50. The number of carbonyl (C=O) groups excluding carboxylic acids is 3. The van der Waals surface area contributed by atoms with Crippen LogP contribution < -0.4 is 5.32 Å². The first kappa shape index (κ1) is 21.5. The van der Waals surface area contributed by atoms with Crippen molar-refractivity contribution in [1.29, 1.82) is 0 Å². The van der Waals surface area contributed by atoms with Crippen LogP contribution in [0.1, 0.15) is 35.6 Å². The highest BCUT2D eigenvalue weighted by atomic mass is 19.1. The van der Waals surface area contributed by atoms with Gasteiger partial charge in [-0.3, -0.25) is 14.4 Å². The molecule has 0 aromatic heterocycles. The van der Waals surface area contributed by atoms with E-state index in [-0.39, 0.29) is 24.7 Å². The number of aryl methyl sites for hydroxylation is 1. The molecular formula is C23H25FN2O4. The van der Waals surface area contributed by atoms with E-state index in [1.165, 1.54) is 31.4 Å². The molecule has 2 aromatic carbocycles. The zero-order valence-electron chi connectivity index (χ0n) is 17.1. The van der Waals surface area contributed by atoms with Crippen molar-refractivity contribution in [2.24, 2.45) is 5.92 Å². The van der Waals surface area contributed by atoms with Gasteiger partial charge in [0.2, 0.25) is 11.8 Å². The number of halogens is 1. The van der Waals surface area contributed by atoms with Crippen molar-refractivity contribution in [3.63, 3.8) is 0 Å². The Kier molecular flexibility index (Phi) is 6.82. The van der Waals surface area contributed by atoms with Crippen molar-refractivity contribution < 1.29 is 23.5 Å². The van der Waals surface area contributed by atoms with Crippen molar-refractivity contribution in [2.45, 2.75) is 32.4 Å². The molecule has 1 fully saturated rings. The summed E-state index contributed by atoms with van der Waals surface area (Å²) in [5.74, 6) is -1.80. The van der Waals surface area contributed by atoms with Gasteiger partial charge in [0, 0.05) is 19.5 Å². The Labute approximate surface area is 175 Å². The minimum Gasteiger partial charge on any atom is -0.469 e. The van der Waals surface area contributed by atoms with Crippen LogP contribution in [0.3, 0.4) is 0 Å². The highest BCUT2D eigenvalue weighted by Crippen LogP contribution is 2.24. The van der Waals surface area contributed by atoms with Crippen LogP contribution in [-0.2, 0) is 25.7 Å². The van der Waals surface area contributed by atoms with Crippen molar-refractivity contribution in [2.75, 3.05) is 13.7 Å². The molecule has 1 aliphatic rings. The lowest BCUT2D eigenvalue weighted by Crippen LogP contribution is -2.36. The summed E-state index contributed by atoms with van der Waals surface area (Å²) in [6.45, 7) is 2.76. The van der Waals surface area contributed by atoms with Crippen LogP contribution in [-0.4, -0.2) is 36.3 Å². The zero-order valence-corrected chi connectivity index (χ0v) is 17.1. The molecule has 158 valence electrons. The van der Waals surface area contributed by atoms with Crippen molar-refractivity contribution >= 4 is 17.8 Å². The van der Waals surface area contributed by atoms with Crippen LogP contribution in [0.25, 0.3) is 0 Å².